The Labute approximate surface area is 169 Å². The molecule has 3 aromatic rings. The van der Waals surface area contributed by atoms with E-state index in [1.165, 1.54) is 10.4 Å². The highest BCUT2D eigenvalue weighted by atomic mass is 32.1. The van der Waals surface area contributed by atoms with Gasteiger partial charge in [-0.1, -0.05) is 42.5 Å². The van der Waals surface area contributed by atoms with Crippen LogP contribution in [-0.4, -0.2) is 30.5 Å². The van der Waals surface area contributed by atoms with E-state index < -0.39 is 0 Å². The molecular weight excluding hydrogens is 368 g/mol. The number of nitrogens with zero attached hydrogens (tertiary/aromatic N) is 2. The van der Waals surface area contributed by atoms with Crippen LogP contribution in [0.3, 0.4) is 0 Å². The molecule has 0 N–H and O–H groups in total. The number of carbonyl (C=O) groups excluding carboxylic acids is 1. The van der Waals surface area contributed by atoms with Crippen molar-refractivity contribution in [2.45, 2.75) is 19.0 Å². The molecule has 28 heavy (non-hydrogen) atoms. The maximum atomic E-state index is 13.5. The van der Waals surface area contributed by atoms with E-state index >= 15 is 0 Å². The Hall–Kier alpha value is -2.63. The second-order valence-corrected chi connectivity index (χ2v) is 8.30. The van der Waals surface area contributed by atoms with Gasteiger partial charge >= 0.3 is 0 Å². The van der Waals surface area contributed by atoms with Crippen LogP contribution in [0, 0.1) is 0 Å². The van der Waals surface area contributed by atoms with Crippen LogP contribution in [0.2, 0.25) is 0 Å². The first-order valence-electron chi connectivity index (χ1n) is 9.66. The topological polar surface area (TPSA) is 32.8 Å². The molecule has 1 atom stereocenters. The number of carbonyl (C=O) groups is 1. The molecule has 1 aromatic heterocycles. The highest BCUT2D eigenvalue weighted by Gasteiger charge is 2.34. The number of hydrogen-bond acceptors (Lipinski definition) is 4. The number of para-hydroxylation sites is 2. The zero-order chi connectivity index (χ0) is 18.9. The minimum atomic E-state index is -0.106. The van der Waals surface area contributed by atoms with Gasteiger partial charge in [-0.3, -0.25) is 14.6 Å². The molecule has 4 nitrogen and oxygen atoms in total. The molecule has 0 radical (unpaired) electrons. The van der Waals surface area contributed by atoms with Crippen molar-refractivity contribution in [2.24, 2.45) is 0 Å². The van der Waals surface area contributed by atoms with Gasteiger partial charge in [0, 0.05) is 18.0 Å². The quantitative estimate of drug-likeness (QED) is 0.669. The van der Waals surface area contributed by atoms with Gasteiger partial charge in [0.05, 0.1) is 18.3 Å². The van der Waals surface area contributed by atoms with Gasteiger partial charge in [-0.15, -0.1) is 11.3 Å². The van der Waals surface area contributed by atoms with Crippen molar-refractivity contribution in [2.75, 3.05) is 24.6 Å². The summed E-state index contributed by atoms with van der Waals surface area (Å²) in [6.07, 6.45) is 1.03. The fraction of sp³-hybridized carbons (Fsp3) is 0.261. The third-order valence-electron chi connectivity index (χ3n) is 5.53. The molecule has 2 aromatic carbocycles. The number of thiophene rings is 1. The molecule has 3 heterocycles. The molecule has 5 rings (SSSR count). The van der Waals surface area contributed by atoms with Gasteiger partial charge in [-0.2, -0.15) is 0 Å². The fourth-order valence-electron chi connectivity index (χ4n) is 4.13. The summed E-state index contributed by atoms with van der Waals surface area (Å²) in [5.41, 5.74) is 3.33. The lowest BCUT2D eigenvalue weighted by Gasteiger charge is -2.38. The Morgan fingerprint density at radius 1 is 1.07 bits per heavy atom. The largest absolute Gasteiger partial charge is 0.489 e. The summed E-state index contributed by atoms with van der Waals surface area (Å²) in [6.45, 7) is 2.68. The molecule has 142 valence electrons. The maximum Gasteiger partial charge on any atom is 0.241 e. The summed E-state index contributed by atoms with van der Waals surface area (Å²) in [6, 6.07) is 20.1. The normalized spacial score (nSPS) is 18.9. The van der Waals surface area contributed by atoms with Crippen LogP contribution < -0.4 is 9.64 Å². The van der Waals surface area contributed by atoms with Crippen molar-refractivity contribution < 1.29 is 9.53 Å². The first kappa shape index (κ1) is 17.5. The van der Waals surface area contributed by atoms with Crippen LogP contribution in [-0.2, 0) is 17.8 Å². The van der Waals surface area contributed by atoms with Crippen molar-refractivity contribution >= 4 is 22.9 Å². The Bertz CT molecular complexity index is 985. The lowest BCUT2D eigenvalue weighted by atomic mass is 10.0. The van der Waals surface area contributed by atoms with Crippen LogP contribution in [0.4, 0.5) is 5.69 Å². The highest BCUT2D eigenvalue weighted by molar-refractivity contribution is 7.10. The van der Waals surface area contributed by atoms with Gasteiger partial charge in [0.25, 0.3) is 0 Å². The average Bonchev–Trinajstić information content (AvgIpc) is 3.21. The van der Waals surface area contributed by atoms with Crippen molar-refractivity contribution in [3.63, 3.8) is 0 Å². The number of hydrogen-bond donors (Lipinski definition) is 0. The highest BCUT2D eigenvalue weighted by Crippen LogP contribution is 2.39. The van der Waals surface area contributed by atoms with Crippen LogP contribution in [0.25, 0.3) is 0 Å². The fourth-order valence-corrected chi connectivity index (χ4v) is 5.02. The van der Waals surface area contributed by atoms with Crippen molar-refractivity contribution in [3.05, 3.63) is 82.0 Å². The number of fused-ring (bicyclic) bond motifs is 2. The predicted molar refractivity (Wildman–Crippen MR) is 112 cm³/mol. The van der Waals surface area contributed by atoms with E-state index in [1.807, 2.05) is 58.7 Å². The van der Waals surface area contributed by atoms with E-state index in [2.05, 4.69) is 28.5 Å². The molecule has 5 heteroatoms. The summed E-state index contributed by atoms with van der Waals surface area (Å²) >= 11 is 1.82. The van der Waals surface area contributed by atoms with Crippen molar-refractivity contribution in [3.8, 4) is 5.75 Å². The van der Waals surface area contributed by atoms with Gasteiger partial charge < -0.3 is 4.74 Å². The minimum absolute atomic E-state index is 0.106. The van der Waals surface area contributed by atoms with Crippen LogP contribution in [0.5, 0.6) is 5.75 Å². The Morgan fingerprint density at radius 2 is 1.89 bits per heavy atom. The van der Waals surface area contributed by atoms with Gasteiger partial charge in [0.1, 0.15) is 12.4 Å². The lowest BCUT2D eigenvalue weighted by Crippen LogP contribution is -2.46. The summed E-state index contributed by atoms with van der Waals surface area (Å²) in [4.78, 5) is 19.2. The molecule has 0 saturated heterocycles. The van der Waals surface area contributed by atoms with Crippen LogP contribution in [0.1, 0.15) is 22.0 Å². The summed E-state index contributed by atoms with van der Waals surface area (Å²) in [5.74, 6) is 0.907. The molecule has 0 bridgehead atoms. The number of benzene rings is 2. The van der Waals surface area contributed by atoms with Crippen molar-refractivity contribution in [1.82, 2.24) is 4.90 Å². The molecule has 0 unspecified atom stereocenters. The first-order chi connectivity index (χ1) is 13.8. The Balaban J connectivity index is 1.43. The maximum absolute atomic E-state index is 13.5. The van der Waals surface area contributed by atoms with E-state index in [4.69, 9.17) is 4.74 Å². The molecule has 0 fully saturated rings. The molecular formula is C23H22N2O2S. The number of anilines is 1. The Morgan fingerprint density at radius 3 is 2.79 bits per heavy atom. The zero-order valence-corrected chi connectivity index (χ0v) is 16.4. The second kappa shape index (κ2) is 7.41. The van der Waals surface area contributed by atoms with Crippen molar-refractivity contribution in [1.29, 1.82) is 0 Å². The predicted octanol–water partition coefficient (Wildman–Crippen LogP) is 4.27. The second-order valence-electron chi connectivity index (χ2n) is 7.30. The minimum Gasteiger partial charge on any atom is -0.489 e. The third-order valence-corrected chi connectivity index (χ3v) is 6.55. The molecule has 0 aliphatic carbocycles. The first-order valence-corrected chi connectivity index (χ1v) is 10.5. The van der Waals surface area contributed by atoms with Gasteiger partial charge in [-0.25, -0.2) is 0 Å². The summed E-state index contributed by atoms with van der Waals surface area (Å²) in [7, 11) is 0. The Kier molecular flexibility index (Phi) is 4.63. The number of amides is 1. The van der Waals surface area contributed by atoms with Crippen LogP contribution >= 0.6 is 11.3 Å². The van der Waals surface area contributed by atoms with E-state index in [9.17, 15) is 4.79 Å². The molecule has 0 spiro atoms. The molecule has 2 aliphatic rings. The molecule has 1 amide bonds. The standard InChI is InChI=1S/C23H22N2O2S/c26-23(15-24-12-10-22-18(14-24)11-13-28-22)25-19-8-4-5-9-21(19)27-16-20(25)17-6-2-1-3-7-17/h1-9,11,13,20H,10,12,14-16H2/t20-/m1/s1. The van der Waals surface area contributed by atoms with Crippen LogP contribution in [0.15, 0.2) is 66.0 Å². The molecule has 2 aliphatic heterocycles. The molecule has 0 saturated carbocycles. The van der Waals surface area contributed by atoms with E-state index in [1.54, 1.807) is 0 Å². The zero-order valence-electron chi connectivity index (χ0n) is 15.6. The number of ether oxygens (including phenoxy) is 1. The monoisotopic (exact) mass is 390 g/mol. The van der Waals surface area contributed by atoms with Gasteiger partial charge in [0.15, 0.2) is 0 Å². The summed E-state index contributed by atoms with van der Waals surface area (Å²) < 4.78 is 5.99. The van der Waals surface area contributed by atoms with E-state index in [0.29, 0.717) is 13.2 Å². The average molecular weight is 391 g/mol. The smallest absolute Gasteiger partial charge is 0.241 e. The SMILES string of the molecule is O=C(CN1CCc2sccc2C1)N1c2ccccc2OC[C@@H]1c1ccccc1. The lowest BCUT2D eigenvalue weighted by molar-refractivity contribution is -0.120. The van der Waals surface area contributed by atoms with E-state index in [0.717, 1.165) is 36.5 Å². The third kappa shape index (κ3) is 3.21. The number of rotatable bonds is 3. The van der Waals surface area contributed by atoms with Gasteiger partial charge in [-0.05, 0) is 41.1 Å². The summed E-state index contributed by atoms with van der Waals surface area (Å²) in [5, 5.41) is 2.15. The van der Waals surface area contributed by atoms with E-state index in [-0.39, 0.29) is 11.9 Å². The van der Waals surface area contributed by atoms with Gasteiger partial charge in [0.2, 0.25) is 5.91 Å².